The zero-order valence-electron chi connectivity index (χ0n) is 44.4. The van der Waals surface area contributed by atoms with Crippen molar-refractivity contribution in [3.63, 3.8) is 0 Å². The second-order valence-electron chi connectivity index (χ2n) is 19.2. The van der Waals surface area contributed by atoms with Crippen LogP contribution in [0, 0.1) is 0 Å². The van der Waals surface area contributed by atoms with Gasteiger partial charge in [-0.3, -0.25) is 14.4 Å². The molecule has 6 heteroatoms. The maximum absolute atomic E-state index is 12.7. The van der Waals surface area contributed by atoms with Gasteiger partial charge >= 0.3 is 17.9 Å². The van der Waals surface area contributed by atoms with E-state index in [1.165, 1.54) is 167 Å². The van der Waals surface area contributed by atoms with Gasteiger partial charge in [-0.05, 0) is 70.6 Å². The Labute approximate surface area is 415 Å². The minimum atomic E-state index is -0.806. The average Bonchev–Trinajstić information content (AvgIpc) is 3.33. The van der Waals surface area contributed by atoms with Gasteiger partial charge in [-0.25, -0.2) is 0 Å². The van der Waals surface area contributed by atoms with Crippen molar-refractivity contribution in [3.05, 3.63) is 60.8 Å². The van der Waals surface area contributed by atoms with Gasteiger partial charge in [-0.15, -0.1) is 0 Å². The topological polar surface area (TPSA) is 78.9 Å². The molecular formula is C61H108O6. The molecular weight excluding hydrogens is 829 g/mol. The summed E-state index contributed by atoms with van der Waals surface area (Å²) in [6.45, 7) is 6.39. The predicted octanol–water partition coefficient (Wildman–Crippen LogP) is 19.2. The number of hydrogen-bond donors (Lipinski definition) is 0. The summed E-state index contributed by atoms with van der Waals surface area (Å²) in [6.07, 6.45) is 70.2. The van der Waals surface area contributed by atoms with E-state index < -0.39 is 6.10 Å². The quantitative estimate of drug-likeness (QED) is 0.0262. The van der Waals surface area contributed by atoms with Crippen LogP contribution < -0.4 is 0 Å². The summed E-state index contributed by atoms with van der Waals surface area (Å²) in [6, 6.07) is 0. The van der Waals surface area contributed by atoms with Crippen molar-refractivity contribution >= 4 is 17.9 Å². The number of rotatable bonds is 52. The van der Waals surface area contributed by atoms with Crippen molar-refractivity contribution in [2.45, 2.75) is 297 Å². The van der Waals surface area contributed by atoms with Crippen molar-refractivity contribution < 1.29 is 28.6 Å². The molecule has 0 spiro atoms. The SMILES string of the molecule is CC/C=C\C/C=C\C/C=C\C/C=C\CCC(=O)OC(COC(=O)CCCCCCC)COC(=O)CCCCCCCCCCCCCCCCCCCCC/C=C\CCCCCCCCCC. The van der Waals surface area contributed by atoms with Crippen LogP contribution >= 0.6 is 0 Å². The van der Waals surface area contributed by atoms with E-state index in [4.69, 9.17) is 14.2 Å². The molecule has 0 fully saturated rings. The Balaban J connectivity index is 3.94. The van der Waals surface area contributed by atoms with E-state index in [1.54, 1.807) is 0 Å². The van der Waals surface area contributed by atoms with Gasteiger partial charge in [-0.2, -0.15) is 0 Å². The molecule has 0 amide bonds. The summed E-state index contributed by atoms with van der Waals surface area (Å²) in [5, 5.41) is 0. The molecule has 0 aromatic rings. The van der Waals surface area contributed by atoms with Crippen LogP contribution in [0.25, 0.3) is 0 Å². The molecule has 1 atom stereocenters. The Morgan fingerprint density at radius 1 is 0.313 bits per heavy atom. The molecule has 6 nitrogen and oxygen atoms in total. The highest BCUT2D eigenvalue weighted by molar-refractivity contribution is 5.71. The van der Waals surface area contributed by atoms with E-state index in [9.17, 15) is 14.4 Å². The van der Waals surface area contributed by atoms with Crippen LogP contribution in [0.5, 0.6) is 0 Å². The Morgan fingerprint density at radius 2 is 0.612 bits per heavy atom. The molecule has 388 valence electrons. The smallest absolute Gasteiger partial charge is 0.306 e. The molecule has 0 heterocycles. The van der Waals surface area contributed by atoms with Gasteiger partial charge in [0.2, 0.25) is 0 Å². The minimum Gasteiger partial charge on any atom is -0.462 e. The Hall–Kier alpha value is -2.89. The molecule has 0 radical (unpaired) electrons. The number of carbonyl (C=O) groups excluding carboxylic acids is 3. The molecule has 0 rings (SSSR count). The number of esters is 3. The third kappa shape index (κ3) is 53.9. The van der Waals surface area contributed by atoms with Crippen molar-refractivity contribution in [3.8, 4) is 0 Å². The van der Waals surface area contributed by atoms with E-state index in [0.29, 0.717) is 19.3 Å². The first-order valence-electron chi connectivity index (χ1n) is 28.8. The van der Waals surface area contributed by atoms with Gasteiger partial charge in [0.15, 0.2) is 6.10 Å². The number of ether oxygens (including phenoxy) is 3. The van der Waals surface area contributed by atoms with E-state index in [1.807, 2.05) is 12.2 Å². The lowest BCUT2D eigenvalue weighted by Crippen LogP contribution is -2.30. The number of carbonyl (C=O) groups is 3. The van der Waals surface area contributed by atoms with Crippen molar-refractivity contribution in [1.29, 1.82) is 0 Å². The van der Waals surface area contributed by atoms with Crippen LogP contribution in [-0.2, 0) is 28.6 Å². The summed E-state index contributed by atoms with van der Waals surface area (Å²) in [5.74, 6) is -0.991. The number of unbranched alkanes of at least 4 members (excludes halogenated alkanes) is 31. The van der Waals surface area contributed by atoms with Gasteiger partial charge in [0.1, 0.15) is 13.2 Å². The molecule has 0 saturated carbocycles. The van der Waals surface area contributed by atoms with Crippen LogP contribution in [0.3, 0.4) is 0 Å². The first-order chi connectivity index (χ1) is 33.0. The first kappa shape index (κ1) is 64.1. The number of allylic oxidation sites excluding steroid dienone is 10. The highest BCUT2D eigenvalue weighted by Crippen LogP contribution is 2.16. The molecule has 67 heavy (non-hydrogen) atoms. The normalized spacial score (nSPS) is 12.5. The molecule has 0 N–H and O–H groups in total. The summed E-state index contributed by atoms with van der Waals surface area (Å²) in [5.41, 5.74) is 0. The highest BCUT2D eigenvalue weighted by Gasteiger charge is 2.19. The van der Waals surface area contributed by atoms with E-state index >= 15 is 0 Å². The second-order valence-corrected chi connectivity index (χ2v) is 19.2. The number of hydrogen-bond acceptors (Lipinski definition) is 6. The molecule has 0 aromatic carbocycles. The van der Waals surface area contributed by atoms with Crippen LogP contribution in [-0.4, -0.2) is 37.2 Å². The first-order valence-corrected chi connectivity index (χ1v) is 28.8. The monoisotopic (exact) mass is 937 g/mol. The lowest BCUT2D eigenvalue weighted by molar-refractivity contribution is -0.166. The Kier molecular flexibility index (Phi) is 53.3. The molecule has 1 unspecified atom stereocenters. The van der Waals surface area contributed by atoms with E-state index in [-0.39, 0.29) is 37.5 Å². The fourth-order valence-electron chi connectivity index (χ4n) is 8.22. The lowest BCUT2D eigenvalue weighted by atomic mass is 10.0. The fraction of sp³-hybridized carbons (Fsp3) is 0.787. The molecule has 0 bridgehead atoms. The molecule has 0 aliphatic carbocycles. The zero-order valence-corrected chi connectivity index (χ0v) is 44.4. The van der Waals surface area contributed by atoms with Crippen LogP contribution in [0.1, 0.15) is 290 Å². The zero-order chi connectivity index (χ0) is 48.6. The summed E-state index contributed by atoms with van der Waals surface area (Å²) in [4.78, 5) is 37.6. The largest absolute Gasteiger partial charge is 0.462 e. The van der Waals surface area contributed by atoms with Crippen LogP contribution in [0.15, 0.2) is 60.8 Å². The lowest BCUT2D eigenvalue weighted by Gasteiger charge is -2.18. The van der Waals surface area contributed by atoms with Gasteiger partial charge in [0.25, 0.3) is 0 Å². The molecule has 0 aliphatic heterocycles. The van der Waals surface area contributed by atoms with E-state index in [2.05, 4.69) is 69.4 Å². The van der Waals surface area contributed by atoms with Crippen molar-refractivity contribution in [2.24, 2.45) is 0 Å². The average molecular weight is 938 g/mol. The third-order valence-corrected chi connectivity index (χ3v) is 12.5. The summed E-state index contributed by atoms with van der Waals surface area (Å²) >= 11 is 0. The van der Waals surface area contributed by atoms with Crippen LogP contribution in [0.4, 0.5) is 0 Å². The fourth-order valence-corrected chi connectivity index (χ4v) is 8.22. The summed E-state index contributed by atoms with van der Waals surface area (Å²) in [7, 11) is 0. The van der Waals surface area contributed by atoms with Crippen LogP contribution in [0.2, 0.25) is 0 Å². The summed E-state index contributed by atoms with van der Waals surface area (Å²) < 4.78 is 16.6. The van der Waals surface area contributed by atoms with Gasteiger partial charge in [0, 0.05) is 19.3 Å². The standard InChI is InChI=1S/C61H108O6/c1-4-7-10-13-15-17-19-21-22-23-24-25-26-27-28-29-30-31-32-33-34-35-36-37-38-40-41-43-45-48-51-54-60(63)66-57-58(56-65-59(62)53-50-47-12-9-6-3)67-61(64)55-52-49-46-44-42-39-20-18-16-14-11-8-5-2/h8,11,16,18,23-24,39,42,46,49,58H,4-7,9-10,12-15,17,19-22,25-38,40-41,43-45,47-48,50-57H2,1-3H3/b11-8-,18-16-,24-23-,42-39-,49-46-. The van der Waals surface area contributed by atoms with E-state index in [0.717, 1.165) is 77.0 Å². The second kappa shape index (κ2) is 55.7. The highest BCUT2D eigenvalue weighted by atomic mass is 16.6. The Bertz CT molecular complexity index is 1210. The van der Waals surface area contributed by atoms with Crippen molar-refractivity contribution in [2.75, 3.05) is 13.2 Å². The Morgan fingerprint density at radius 3 is 0.970 bits per heavy atom. The minimum absolute atomic E-state index is 0.101. The molecule has 0 aromatic heterocycles. The van der Waals surface area contributed by atoms with Gasteiger partial charge in [0.05, 0.1) is 0 Å². The molecule has 0 aliphatic rings. The predicted molar refractivity (Wildman–Crippen MR) is 288 cm³/mol. The molecule has 0 saturated heterocycles. The maximum atomic E-state index is 12.7. The van der Waals surface area contributed by atoms with Crippen molar-refractivity contribution in [1.82, 2.24) is 0 Å². The van der Waals surface area contributed by atoms with Gasteiger partial charge in [-0.1, -0.05) is 261 Å². The third-order valence-electron chi connectivity index (χ3n) is 12.5. The van der Waals surface area contributed by atoms with Gasteiger partial charge < -0.3 is 14.2 Å². The maximum Gasteiger partial charge on any atom is 0.306 e.